The van der Waals surface area contributed by atoms with Gasteiger partial charge in [-0.05, 0) is 86.5 Å². The average Bonchev–Trinajstić information content (AvgIpc) is 3.23. The number of hydrogen-bond donors (Lipinski definition) is 3. The van der Waals surface area contributed by atoms with E-state index in [9.17, 15) is 8.78 Å². The van der Waals surface area contributed by atoms with Crippen molar-refractivity contribution >= 4 is 27.5 Å². The van der Waals surface area contributed by atoms with Gasteiger partial charge < -0.3 is 20.4 Å². The highest BCUT2D eigenvalue weighted by molar-refractivity contribution is 6.14. The van der Waals surface area contributed by atoms with Gasteiger partial charge in [-0.1, -0.05) is 6.08 Å². The number of ether oxygens (including phenoxy) is 1. The van der Waals surface area contributed by atoms with Crippen molar-refractivity contribution in [2.24, 2.45) is 0 Å². The van der Waals surface area contributed by atoms with Crippen LogP contribution in [0, 0.1) is 5.82 Å². The maximum absolute atomic E-state index is 14.6. The third kappa shape index (κ3) is 2.83. The van der Waals surface area contributed by atoms with Gasteiger partial charge in [0.2, 0.25) is 0 Å². The van der Waals surface area contributed by atoms with Crippen molar-refractivity contribution in [3.63, 3.8) is 0 Å². The van der Waals surface area contributed by atoms with Crippen LogP contribution < -0.4 is 15.4 Å². The number of aromatic amines is 1. The highest BCUT2D eigenvalue weighted by atomic mass is 19.1. The molecular formula is C27H27F2N3O. The molecule has 1 saturated heterocycles. The largest absolute Gasteiger partial charge is 0.488 e. The van der Waals surface area contributed by atoms with Gasteiger partial charge in [0.1, 0.15) is 18.3 Å². The van der Waals surface area contributed by atoms with E-state index in [-0.39, 0.29) is 17.7 Å². The Balaban J connectivity index is 1.54. The molecule has 0 spiro atoms. The molecule has 6 heteroatoms. The molecule has 0 bridgehead atoms. The normalized spacial score (nSPS) is 28.2. The van der Waals surface area contributed by atoms with E-state index in [1.54, 1.807) is 24.3 Å². The topological polar surface area (TPSA) is 49.1 Å². The summed E-state index contributed by atoms with van der Waals surface area (Å²) >= 11 is 0. The first-order valence-corrected chi connectivity index (χ1v) is 12.0. The van der Waals surface area contributed by atoms with Crippen LogP contribution in [0.2, 0.25) is 0 Å². The third-order valence-corrected chi connectivity index (χ3v) is 7.95. The van der Waals surface area contributed by atoms with Crippen LogP contribution in [0.3, 0.4) is 0 Å². The van der Waals surface area contributed by atoms with Crippen molar-refractivity contribution in [2.75, 3.05) is 18.5 Å². The lowest BCUT2D eigenvalue weighted by atomic mass is 9.73. The SMILES string of the molecule is CC12C=C(F)C=C[C@@H]1Nc1c2c(C2CC2)c2c([nH]c3ccc(F)cc32)c1OC[C@H]1CCCN1. The standard InChI is InChI=1S/C27H27F2N3O/c1-27-12-16(29)7-9-20(27)32-25-23(27)21(14-4-5-14)22-18-11-15(28)6-8-19(18)31-24(22)26(25)33-13-17-3-2-10-30-17/h6-9,11-12,14,17,20,30-32H,2-5,10,13H2,1H3/t17-,20+,27?/m1/s1. The van der Waals surface area contributed by atoms with Crippen LogP contribution >= 0.6 is 0 Å². The number of benzene rings is 2. The molecule has 3 heterocycles. The third-order valence-electron chi connectivity index (χ3n) is 7.95. The second-order valence-electron chi connectivity index (χ2n) is 10.2. The summed E-state index contributed by atoms with van der Waals surface area (Å²) in [5.41, 5.74) is 4.57. The molecule has 4 nitrogen and oxygen atoms in total. The summed E-state index contributed by atoms with van der Waals surface area (Å²) < 4.78 is 35.5. The zero-order valence-electron chi connectivity index (χ0n) is 18.6. The van der Waals surface area contributed by atoms with Crippen LogP contribution in [0.15, 0.2) is 42.3 Å². The lowest BCUT2D eigenvalue weighted by Gasteiger charge is -2.31. The van der Waals surface area contributed by atoms with E-state index in [2.05, 4.69) is 22.5 Å². The zero-order valence-corrected chi connectivity index (χ0v) is 18.6. The van der Waals surface area contributed by atoms with Crippen molar-refractivity contribution in [3.05, 3.63) is 59.2 Å². The summed E-state index contributed by atoms with van der Waals surface area (Å²) in [6.07, 6.45) is 9.64. The lowest BCUT2D eigenvalue weighted by Crippen LogP contribution is -2.35. The van der Waals surface area contributed by atoms with Crippen LogP contribution in [-0.4, -0.2) is 30.2 Å². The van der Waals surface area contributed by atoms with Crippen LogP contribution in [0.5, 0.6) is 5.75 Å². The molecule has 2 aromatic carbocycles. The van der Waals surface area contributed by atoms with Gasteiger partial charge in [0.05, 0.1) is 17.2 Å². The Bertz CT molecular complexity index is 1360. The second kappa shape index (κ2) is 6.83. The summed E-state index contributed by atoms with van der Waals surface area (Å²) in [4.78, 5) is 3.55. The number of rotatable bonds is 4. The van der Waals surface area contributed by atoms with Gasteiger partial charge in [-0.3, -0.25) is 0 Å². The fourth-order valence-electron chi connectivity index (χ4n) is 6.21. The summed E-state index contributed by atoms with van der Waals surface area (Å²) in [6, 6.07) is 5.18. The molecule has 2 fully saturated rings. The van der Waals surface area contributed by atoms with E-state index in [4.69, 9.17) is 4.74 Å². The van der Waals surface area contributed by atoms with E-state index in [1.165, 1.54) is 11.6 Å². The molecule has 3 atom stereocenters. The highest BCUT2D eigenvalue weighted by Crippen LogP contribution is 2.59. The Kier molecular flexibility index (Phi) is 4.05. The Morgan fingerprint density at radius 1 is 1.18 bits per heavy atom. The van der Waals surface area contributed by atoms with Gasteiger partial charge in [0.15, 0.2) is 5.75 Å². The molecule has 3 aromatic rings. The molecule has 2 aliphatic heterocycles. The van der Waals surface area contributed by atoms with Gasteiger partial charge in [-0.25, -0.2) is 8.78 Å². The molecule has 1 unspecified atom stereocenters. The second-order valence-corrected chi connectivity index (χ2v) is 10.2. The summed E-state index contributed by atoms with van der Waals surface area (Å²) in [5.74, 6) is 0.700. The van der Waals surface area contributed by atoms with Crippen molar-refractivity contribution in [2.45, 2.75) is 56.0 Å². The van der Waals surface area contributed by atoms with Crippen LogP contribution in [-0.2, 0) is 5.41 Å². The number of anilines is 1. The molecule has 33 heavy (non-hydrogen) atoms. The minimum absolute atomic E-state index is 0.0500. The summed E-state index contributed by atoms with van der Waals surface area (Å²) in [5, 5.41) is 9.09. The minimum Gasteiger partial charge on any atom is -0.488 e. The minimum atomic E-state index is -0.527. The fraction of sp³-hybridized carbons (Fsp3) is 0.407. The van der Waals surface area contributed by atoms with E-state index in [1.807, 2.05) is 6.08 Å². The Morgan fingerprint density at radius 3 is 2.85 bits per heavy atom. The number of allylic oxidation sites excluding steroid dienone is 2. The van der Waals surface area contributed by atoms with Gasteiger partial charge >= 0.3 is 0 Å². The fourth-order valence-corrected chi connectivity index (χ4v) is 6.21. The average molecular weight is 448 g/mol. The molecule has 170 valence electrons. The van der Waals surface area contributed by atoms with Gasteiger partial charge in [-0.15, -0.1) is 0 Å². The number of halogens is 2. The molecule has 1 saturated carbocycles. The maximum Gasteiger partial charge on any atom is 0.166 e. The molecule has 7 rings (SSSR count). The number of fused-ring (bicyclic) bond motifs is 6. The lowest BCUT2D eigenvalue weighted by molar-refractivity contribution is 0.281. The predicted octanol–water partition coefficient (Wildman–Crippen LogP) is 5.94. The molecule has 1 aromatic heterocycles. The van der Waals surface area contributed by atoms with Crippen molar-refractivity contribution < 1.29 is 13.5 Å². The van der Waals surface area contributed by atoms with Gasteiger partial charge in [0.25, 0.3) is 0 Å². The molecule has 2 aliphatic carbocycles. The first kappa shape index (κ1) is 19.6. The Labute approximate surface area is 191 Å². The van der Waals surface area contributed by atoms with Gasteiger partial charge in [-0.2, -0.15) is 0 Å². The van der Waals surface area contributed by atoms with Crippen molar-refractivity contribution in [3.8, 4) is 5.75 Å². The molecule has 3 N–H and O–H groups in total. The number of aromatic nitrogens is 1. The van der Waals surface area contributed by atoms with Crippen LogP contribution in [0.1, 0.15) is 49.7 Å². The van der Waals surface area contributed by atoms with Crippen LogP contribution in [0.4, 0.5) is 14.5 Å². The highest BCUT2D eigenvalue weighted by Gasteiger charge is 2.49. The quantitative estimate of drug-likeness (QED) is 0.464. The van der Waals surface area contributed by atoms with Gasteiger partial charge in [0, 0.05) is 27.7 Å². The monoisotopic (exact) mass is 447 g/mol. The number of nitrogens with one attached hydrogen (secondary N) is 3. The number of hydrogen-bond acceptors (Lipinski definition) is 3. The zero-order chi connectivity index (χ0) is 22.3. The first-order valence-electron chi connectivity index (χ1n) is 12.0. The van der Waals surface area contributed by atoms with Crippen molar-refractivity contribution in [1.29, 1.82) is 0 Å². The molecular weight excluding hydrogens is 420 g/mol. The molecule has 0 amide bonds. The Hall–Kier alpha value is -2.86. The number of H-pyrrole nitrogens is 1. The maximum atomic E-state index is 14.6. The van der Waals surface area contributed by atoms with E-state index >= 15 is 0 Å². The smallest absolute Gasteiger partial charge is 0.166 e. The Morgan fingerprint density at radius 2 is 2.06 bits per heavy atom. The molecule has 0 radical (unpaired) electrons. The molecule has 4 aliphatic rings. The van der Waals surface area contributed by atoms with Crippen LogP contribution in [0.25, 0.3) is 21.8 Å². The van der Waals surface area contributed by atoms with Crippen molar-refractivity contribution in [1.82, 2.24) is 10.3 Å². The van der Waals surface area contributed by atoms with E-state index < -0.39 is 5.41 Å². The predicted molar refractivity (Wildman–Crippen MR) is 127 cm³/mol. The van der Waals surface area contributed by atoms with E-state index in [0.717, 1.165) is 71.0 Å². The first-order chi connectivity index (χ1) is 16.0. The summed E-state index contributed by atoms with van der Waals surface area (Å²) in [6.45, 7) is 3.69. The summed E-state index contributed by atoms with van der Waals surface area (Å²) in [7, 11) is 0. The van der Waals surface area contributed by atoms with E-state index in [0.29, 0.717) is 18.6 Å².